The zero-order valence-corrected chi connectivity index (χ0v) is 12.1. The highest BCUT2D eigenvalue weighted by Crippen LogP contribution is 2.43. The van der Waals surface area contributed by atoms with E-state index in [0.29, 0.717) is 25.4 Å². The van der Waals surface area contributed by atoms with Crippen molar-refractivity contribution in [1.29, 1.82) is 0 Å². The van der Waals surface area contributed by atoms with Gasteiger partial charge in [-0.05, 0) is 12.1 Å². The number of carboxylic acids is 1. The van der Waals surface area contributed by atoms with Crippen LogP contribution in [-0.4, -0.2) is 29.4 Å². The minimum Gasteiger partial charge on any atom is -0.490 e. The van der Waals surface area contributed by atoms with Crippen LogP contribution in [0.2, 0.25) is 0 Å². The molecule has 122 valence electrons. The highest BCUT2D eigenvalue weighted by atomic mass is 19.3. The molecule has 0 aliphatic carbocycles. The maximum atomic E-state index is 14.0. The summed E-state index contributed by atoms with van der Waals surface area (Å²) in [5.41, 5.74) is -0.306. The minimum atomic E-state index is -3.18. The number of aromatic carboxylic acids is 1. The number of benzene rings is 1. The van der Waals surface area contributed by atoms with Gasteiger partial charge in [0.05, 0.1) is 13.2 Å². The summed E-state index contributed by atoms with van der Waals surface area (Å²) >= 11 is 0. The molecule has 0 saturated heterocycles. The lowest BCUT2D eigenvalue weighted by Crippen LogP contribution is -2.10. The maximum Gasteiger partial charge on any atom is 0.374 e. The molecule has 0 saturated carbocycles. The summed E-state index contributed by atoms with van der Waals surface area (Å²) in [6.45, 7) is 1.51. The molecule has 1 aliphatic rings. The summed E-state index contributed by atoms with van der Waals surface area (Å²) < 4.78 is 43.5. The predicted octanol–water partition coefficient (Wildman–Crippen LogP) is 3.31. The van der Waals surface area contributed by atoms with Gasteiger partial charge in [-0.3, -0.25) is 0 Å². The van der Waals surface area contributed by atoms with Gasteiger partial charge in [-0.2, -0.15) is 0 Å². The van der Waals surface area contributed by atoms with Gasteiger partial charge in [-0.1, -0.05) is 5.16 Å². The summed E-state index contributed by atoms with van der Waals surface area (Å²) in [6, 6.07) is 3.67. The second-order valence-corrected chi connectivity index (χ2v) is 5.16. The van der Waals surface area contributed by atoms with Crippen molar-refractivity contribution in [2.24, 2.45) is 0 Å². The Labute approximate surface area is 129 Å². The van der Waals surface area contributed by atoms with Gasteiger partial charge in [0.25, 0.3) is 5.92 Å². The van der Waals surface area contributed by atoms with Crippen molar-refractivity contribution in [2.45, 2.75) is 19.3 Å². The monoisotopic (exact) mass is 325 g/mol. The number of carboxylic acid groups (broad SMARTS) is 1. The van der Waals surface area contributed by atoms with E-state index < -0.39 is 17.7 Å². The third-order valence-electron chi connectivity index (χ3n) is 3.36. The number of alkyl halides is 2. The van der Waals surface area contributed by atoms with Crippen LogP contribution in [0.1, 0.15) is 29.5 Å². The molecule has 1 aromatic heterocycles. The average Bonchev–Trinajstić information content (AvgIpc) is 2.85. The van der Waals surface area contributed by atoms with Gasteiger partial charge in [0.1, 0.15) is 5.69 Å². The largest absolute Gasteiger partial charge is 0.490 e. The number of ether oxygens (including phenoxy) is 2. The van der Waals surface area contributed by atoms with Gasteiger partial charge < -0.3 is 19.1 Å². The van der Waals surface area contributed by atoms with Crippen molar-refractivity contribution in [3.05, 3.63) is 29.5 Å². The molecule has 8 heteroatoms. The van der Waals surface area contributed by atoms with E-state index in [-0.39, 0.29) is 22.6 Å². The molecule has 0 radical (unpaired) electrons. The fraction of sp³-hybridized carbons (Fsp3) is 0.333. The second kappa shape index (κ2) is 5.53. The maximum absolute atomic E-state index is 14.0. The van der Waals surface area contributed by atoms with E-state index in [9.17, 15) is 13.6 Å². The van der Waals surface area contributed by atoms with Gasteiger partial charge >= 0.3 is 5.97 Å². The molecular formula is C15H13F2NO5. The fourth-order valence-corrected chi connectivity index (χ4v) is 2.29. The Hall–Kier alpha value is -2.64. The summed E-state index contributed by atoms with van der Waals surface area (Å²) in [5, 5.41) is 12.4. The zero-order valence-electron chi connectivity index (χ0n) is 12.1. The highest BCUT2D eigenvalue weighted by Gasteiger charge is 2.32. The third kappa shape index (κ3) is 2.96. The highest BCUT2D eigenvalue weighted by molar-refractivity contribution is 5.86. The van der Waals surface area contributed by atoms with Crippen molar-refractivity contribution in [3.63, 3.8) is 0 Å². The Morgan fingerprint density at radius 2 is 1.87 bits per heavy atom. The van der Waals surface area contributed by atoms with E-state index in [1.807, 2.05) is 0 Å². The van der Waals surface area contributed by atoms with Crippen LogP contribution in [0.4, 0.5) is 8.78 Å². The summed E-state index contributed by atoms with van der Waals surface area (Å²) in [4.78, 5) is 10.9. The van der Waals surface area contributed by atoms with Crippen molar-refractivity contribution >= 4 is 5.97 Å². The molecule has 23 heavy (non-hydrogen) atoms. The van der Waals surface area contributed by atoms with Crippen LogP contribution < -0.4 is 9.47 Å². The van der Waals surface area contributed by atoms with E-state index in [1.165, 1.54) is 12.1 Å². The molecule has 0 fully saturated rings. The van der Waals surface area contributed by atoms with E-state index in [1.54, 1.807) is 0 Å². The van der Waals surface area contributed by atoms with Crippen molar-refractivity contribution in [2.75, 3.05) is 13.2 Å². The van der Waals surface area contributed by atoms with Crippen LogP contribution in [0.25, 0.3) is 11.3 Å². The van der Waals surface area contributed by atoms with Crippen LogP contribution in [-0.2, 0) is 5.92 Å². The third-order valence-corrected chi connectivity index (χ3v) is 3.36. The number of hydrogen-bond acceptors (Lipinski definition) is 5. The van der Waals surface area contributed by atoms with E-state index in [0.717, 1.165) is 13.0 Å². The van der Waals surface area contributed by atoms with Gasteiger partial charge in [-0.15, -0.1) is 0 Å². The fourth-order valence-electron chi connectivity index (χ4n) is 2.29. The van der Waals surface area contributed by atoms with Crippen LogP contribution in [0, 0.1) is 0 Å². The van der Waals surface area contributed by atoms with E-state index in [2.05, 4.69) is 9.68 Å². The van der Waals surface area contributed by atoms with Crippen molar-refractivity contribution in [3.8, 4) is 22.8 Å². The zero-order chi connectivity index (χ0) is 16.6. The van der Waals surface area contributed by atoms with Crippen LogP contribution in [0.3, 0.4) is 0 Å². The van der Waals surface area contributed by atoms with Crippen molar-refractivity contribution in [1.82, 2.24) is 5.16 Å². The number of nitrogens with zero attached hydrogens (tertiary/aromatic N) is 1. The molecule has 0 amide bonds. The lowest BCUT2D eigenvalue weighted by Gasteiger charge is -2.17. The number of rotatable bonds is 3. The first kappa shape index (κ1) is 15.3. The first-order chi connectivity index (χ1) is 10.9. The molecule has 2 heterocycles. The van der Waals surface area contributed by atoms with Gasteiger partial charge in [0.15, 0.2) is 11.5 Å². The summed E-state index contributed by atoms with van der Waals surface area (Å²) in [6.07, 6.45) is 0.634. The quantitative estimate of drug-likeness (QED) is 0.932. The number of hydrogen-bond donors (Lipinski definition) is 1. The summed E-state index contributed by atoms with van der Waals surface area (Å²) in [5.74, 6) is -4.40. The molecule has 3 rings (SSSR count). The molecule has 6 nitrogen and oxygen atoms in total. The average molecular weight is 325 g/mol. The van der Waals surface area contributed by atoms with Crippen LogP contribution in [0.5, 0.6) is 11.5 Å². The number of carbonyl (C=O) groups is 1. The minimum absolute atomic E-state index is 0.00503. The lowest BCUT2D eigenvalue weighted by atomic mass is 9.98. The Balaban J connectivity index is 2.16. The Bertz CT molecular complexity index is 751. The molecule has 0 atom stereocenters. The summed E-state index contributed by atoms with van der Waals surface area (Å²) in [7, 11) is 0. The normalized spacial score (nSPS) is 14.4. The Morgan fingerprint density at radius 3 is 2.43 bits per heavy atom. The first-order valence-corrected chi connectivity index (χ1v) is 6.88. The van der Waals surface area contributed by atoms with E-state index >= 15 is 0 Å². The molecule has 1 aromatic carbocycles. The topological polar surface area (TPSA) is 81.8 Å². The van der Waals surface area contributed by atoms with Crippen LogP contribution >= 0.6 is 0 Å². The molecule has 0 spiro atoms. The van der Waals surface area contributed by atoms with Crippen molar-refractivity contribution < 1.29 is 32.7 Å². The standard InChI is InChI=1S/C15H13F2NO5/c1-15(16,17)9-6-12-11(21-3-2-4-22-12)5-8(9)10-7-13(14(19)20)23-18-10/h5-7H,2-4H2,1H3,(H,19,20). The number of aromatic nitrogens is 1. The second-order valence-electron chi connectivity index (χ2n) is 5.16. The lowest BCUT2D eigenvalue weighted by molar-refractivity contribution is 0.0177. The SMILES string of the molecule is CC(F)(F)c1cc2c(cc1-c1cc(C(=O)O)on1)OCCCO2. The van der Waals surface area contributed by atoms with Gasteiger partial charge in [-0.25, -0.2) is 13.6 Å². The molecule has 1 N–H and O–H groups in total. The molecule has 0 bridgehead atoms. The Kier molecular flexibility index (Phi) is 3.67. The smallest absolute Gasteiger partial charge is 0.374 e. The predicted molar refractivity (Wildman–Crippen MR) is 74.1 cm³/mol. The number of fused-ring (bicyclic) bond motifs is 1. The van der Waals surface area contributed by atoms with Gasteiger partial charge in [0.2, 0.25) is 5.76 Å². The van der Waals surface area contributed by atoms with Gasteiger partial charge in [0, 0.05) is 30.5 Å². The molecule has 2 aromatic rings. The van der Waals surface area contributed by atoms with E-state index in [4.69, 9.17) is 14.6 Å². The number of halogens is 2. The first-order valence-electron chi connectivity index (χ1n) is 6.88. The molecular weight excluding hydrogens is 312 g/mol. The molecule has 1 aliphatic heterocycles. The Morgan fingerprint density at radius 1 is 1.22 bits per heavy atom. The van der Waals surface area contributed by atoms with Crippen LogP contribution in [0.15, 0.2) is 22.7 Å². The molecule has 0 unspecified atom stereocenters.